The molecule has 1 aliphatic rings. The molecule has 0 unspecified atom stereocenters. The smallest absolute Gasteiger partial charge is 0.238 e. The molecular weight excluding hydrogens is 263 g/mol. The van der Waals surface area contributed by atoms with Crippen molar-refractivity contribution in [1.82, 2.24) is 4.98 Å². The number of hydrogen-bond donors (Lipinski definition) is 0. The average molecular weight is 274 g/mol. The van der Waals surface area contributed by atoms with E-state index in [1.165, 1.54) is 23.9 Å². The van der Waals surface area contributed by atoms with Crippen molar-refractivity contribution in [3.8, 4) is 0 Å². The van der Waals surface area contributed by atoms with Gasteiger partial charge in [-0.05, 0) is 24.3 Å². The zero-order valence-corrected chi connectivity index (χ0v) is 10.8. The van der Waals surface area contributed by atoms with E-state index in [2.05, 4.69) is 4.98 Å². The second kappa shape index (κ2) is 5.01. The van der Waals surface area contributed by atoms with Gasteiger partial charge in [-0.1, -0.05) is 12.1 Å². The molecule has 1 aromatic carbocycles. The molecule has 3 rings (SSSR count). The van der Waals surface area contributed by atoms with Gasteiger partial charge in [0.15, 0.2) is 0 Å². The minimum Gasteiger partial charge on any atom is -0.295 e. The molecule has 1 aromatic heterocycles. The third kappa shape index (κ3) is 2.33. The number of benzene rings is 1. The summed E-state index contributed by atoms with van der Waals surface area (Å²) in [6, 6.07) is 9.87. The van der Waals surface area contributed by atoms with E-state index in [1.807, 2.05) is 12.1 Å². The molecule has 0 saturated carbocycles. The molecule has 2 aromatic rings. The van der Waals surface area contributed by atoms with Gasteiger partial charge in [0, 0.05) is 23.6 Å². The Morgan fingerprint density at radius 2 is 2.21 bits per heavy atom. The maximum absolute atomic E-state index is 13.3. The Morgan fingerprint density at radius 3 is 2.95 bits per heavy atom. The van der Waals surface area contributed by atoms with E-state index >= 15 is 0 Å². The molecule has 1 atom stereocenters. The number of pyridine rings is 1. The number of amides is 1. The lowest BCUT2D eigenvalue weighted by molar-refractivity contribution is -0.115. The number of thioether (sulfide) groups is 1. The highest BCUT2D eigenvalue weighted by molar-refractivity contribution is 8.00. The Hall–Kier alpha value is -1.88. The largest absolute Gasteiger partial charge is 0.295 e. The number of anilines is 1. The Bertz CT molecular complexity index is 605. The predicted octanol–water partition coefficient (Wildman–Crippen LogP) is 3.00. The van der Waals surface area contributed by atoms with Gasteiger partial charge in [-0.3, -0.25) is 14.7 Å². The Labute approximate surface area is 114 Å². The van der Waals surface area contributed by atoms with E-state index < -0.39 is 0 Å². The number of aromatic nitrogens is 1. The normalized spacial score (nSPS) is 18.9. The van der Waals surface area contributed by atoms with Crippen LogP contribution in [0.15, 0.2) is 48.8 Å². The van der Waals surface area contributed by atoms with Gasteiger partial charge in [0.1, 0.15) is 11.2 Å². The van der Waals surface area contributed by atoms with Gasteiger partial charge >= 0.3 is 0 Å². The zero-order valence-electron chi connectivity index (χ0n) is 9.99. The van der Waals surface area contributed by atoms with Crippen LogP contribution in [0, 0.1) is 5.82 Å². The van der Waals surface area contributed by atoms with Crippen molar-refractivity contribution in [3.05, 3.63) is 60.2 Å². The topological polar surface area (TPSA) is 33.2 Å². The van der Waals surface area contributed by atoms with Gasteiger partial charge in [0.2, 0.25) is 5.91 Å². The Morgan fingerprint density at radius 1 is 1.32 bits per heavy atom. The summed E-state index contributed by atoms with van der Waals surface area (Å²) in [5, 5.41) is -0.136. The molecule has 3 nitrogen and oxygen atoms in total. The van der Waals surface area contributed by atoms with Crippen LogP contribution in [0.4, 0.5) is 10.1 Å². The van der Waals surface area contributed by atoms with Crippen LogP contribution in [-0.2, 0) is 4.79 Å². The molecule has 0 aliphatic carbocycles. The third-order valence-electron chi connectivity index (χ3n) is 2.92. The molecule has 0 spiro atoms. The lowest BCUT2D eigenvalue weighted by Gasteiger charge is -2.24. The minimum absolute atomic E-state index is 0.00977. The molecule has 96 valence electrons. The molecule has 0 N–H and O–H groups in total. The first-order valence-electron chi connectivity index (χ1n) is 5.85. The molecule has 1 amide bonds. The maximum Gasteiger partial charge on any atom is 0.238 e. The van der Waals surface area contributed by atoms with Crippen molar-refractivity contribution in [3.63, 3.8) is 0 Å². The summed E-state index contributed by atoms with van der Waals surface area (Å²) >= 11 is 1.53. The summed E-state index contributed by atoms with van der Waals surface area (Å²) in [7, 11) is 0. The van der Waals surface area contributed by atoms with E-state index in [0.29, 0.717) is 11.4 Å². The fourth-order valence-corrected chi connectivity index (χ4v) is 3.26. The molecule has 0 bridgehead atoms. The first kappa shape index (κ1) is 12.2. The molecule has 2 heterocycles. The van der Waals surface area contributed by atoms with Crippen LogP contribution in [-0.4, -0.2) is 16.6 Å². The van der Waals surface area contributed by atoms with E-state index in [9.17, 15) is 9.18 Å². The monoisotopic (exact) mass is 274 g/mol. The number of halogens is 1. The maximum atomic E-state index is 13.3. The van der Waals surface area contributed by atoms with Crippen molar-refractivity contribution >= 4 is 23.4 Å². The lowest BCUT2D eigenvalue weighted by Crippen LogP contribution is -2.27. The van der Waals surface area contributed by atoms with Crippen LogP contribution in [0.1, 0.15) is 10.9 Å². The van der Waals surface area contributed by atoms with Gasteiger partial charge in [-0.2, -0.15) is 0 Å². The number of nitrogens with zero attached hydrogens (tertiary/aromatic N) is 2. The van der Waals surface area contributed by atoms with Crippen LogP contribution in [0.3, 0.4) is 0 Å². The summed E-state index contributed by atoms with van der Waals surface area (Å²) in [4.78, 5) is 17.7. The van der Waals surface area contributed by atoms with Crippen molar-refractivity contribution in [2.45, 2.75) is 5.37 Å². The number of rotatable bonds is 2. The fourth-order valence-electron chi connectivity index (χ4n) is 2.10. The van der Waals surface area contributed by atoms with E-state index in [-0.39, 0.29) is 17.1 Å². The first-order chi connectivity index (χ1) is 9.25. The number of carbonyl (C=O) groups excluding carboxylic acids is 1. The highest BCUT2D eigenvalue weighted by atomic mass is 32.2. The van der Waals surface area contributed by atoms with Crippen molar-refractivity contribution < 1.29 is 9.18 Å². The molecular formula is C14H11FN2OS. The summed E-state index contributed by atoms with van der Waals surface area (Å²) in [6.45, 7) is 0. The van der Waals surface area contributed by atoms with Gasteiger partial charge in [-0.25, -0.2) is 4.39 Å². The van der Waals surface area contributed by atoms with Crippen LogP contribution in [0.25, 0.3) is 0 Å². The summed E-state index contributed by atoms with van der Waals surface area (Å²) in [5.41, 5.74) is 1.53. The molecule has 19 heavy (non-hydrogen) atoms. The van der Waals surface area contributed by atoms with Crippen LogP contribution in [0.2, 0.25) is 0 Å². The third-order valence-corrected chi connectivity index (χ3v) is 4.14. The predicted molar refractivity (Wildman–Crippen MR) is 73.3 cm³/mol. The average Bonchev–Trinajstić information content (AvgIpc) is 2.82. The standard InChI is InChI=1S/C14H11FN2OS/c15-11-4-1-5-12(7-11)17-13(18)9-19-14(17)10-3-2-6-16-8-10/h1-8,14H,9H2/t14-/m1/s1. The molecule has 5 heteroatoms. The summed E-state index contributed by atoms with van der Waals surface area (Å²) < 4.78 is 13.3. The van der Waals surface area contributed by atoms with Crippen molar-refractivity contribution in [2.75, 3.05) is 10.7 Å². The van der Waals surface area contributed by atoms with Gasteiger partial charge < -0.3 is 0 Å². The summed E-state index contributed by atoms with van der Waals surface area (Å²) in [5.74, 6) is 0.0485. The number of hydrogen-bond acceptors (Lipinski definition) is 3. The molecule has 1 aliphatic heterocycles. The van der Waals surface area contributed by atoms with Gasteiger partial charge in [-0.15, -0.1) is 11.8 Å². The van der Waals surface area contributed by atoms with E-state index in [0.717, 1.165) is 5.56 Å². The lowest BCUT2D eigenvalue weighted by atomic mass is 10.2. The first-order valence-corrected chi connectivity index (χ1v) is 6.90. The summed E-state index contributed by atoms with van der Waals surface area (Å²) in [6.07, 6.45) is 3.43. The van der Waals surface area contributed by atoms with Crippen molar-refractivity contribution in [1.29, 1.82) is 0 Å². The van der Waals surface area contributed by atoms with Gasteiger partial charge in [0.05, 0.1) is 5.75 Å². The molecule has 0 radical (unpaired) electrons. The van der Waals surface area contributed by atoms with E-state index in [4.69, 9.17) is 0 Å². The molecule has 1 saturated heterocycles. The Balaban J connectivity index is 2.00. The second-order valence-electron chi connectivity index (χ2n) is 4.19. The highest BCUT2D eigenvalue weighted by Crippen LogP contribution is 2.41. The zero-order chi connectivity index (χ0) is 13.2. The quantitative estimate of drug-likeness (QED) is 0.844. The fraction of sp³-hybridized carbons (Fsp3) is 0.143. The highest BCUT2D eigenvalue weighted by Gasteiger charge is 2.34. The van der Waals surface area contributed by atoms with Gasteiger partial charge in [0.25, 0.3) is 0 Å². The minimum atomic E-state index is -0.341. The second-order valence-corrected chi connectivity index (χ2v) is 5.26. The van der Waals surface area contributed by atoms with Crippen LogP contribution in [0.5, 0.6) is 0 Å². The molecule has 1 fully saturated rings. The van der Waals surface area contributed by atoms with E-state index in [1.54, 1.807) is 29.4 Å². The number of carbonyl (C=O) groups is 1. The van der Waals surface area contributed by atoms with Crippen LogP contribution >= 0.6 is 11.8 Å². The van der Waals surface area contributed by atoms with Crippen molar-refractivity contribution in [2.24, 2.45) is 0 Å². The van der Waals surface area contributed by atoms with Crippen LogP contribution < -0.4 is 4.90 Å². The Kier molecular flexibility index (Phi) is 3.21. The SMILES string of the molecule is O=C1CS[C@H](c2cccnc2)N1c1cccc(F)c1.